The van der Waals surface area contributed by atoms with Gasteiger partial charge in [-0.2, -0.15) is 0 Å². The molecule has 0 amide bonds. The van der Waals surface area contributed by atoms with Crippen molar-refractivity contribution in [2.24, 2.45) is 0 Å². The third-order valence-corrected chi connectivity index (χ3v) is 4.45. The number of Topliss-reactive ketones (excluding diaryl/α,β-unsaturated/α-hetero) is 1. The molecule has 0 atom stereocenters. The highest BCUT2D eigenvalue weighted by molar-refractivity contribution is 5.96. The van der Waals surface area contributed by atoms with Crippen molar-refractivity contribution in [3.05, 3.63) is 52.8 Å². The highest BCUT2D eigenvalue weighted by atomic mass is 19.1. The molecule has 124 valence electrons. The van der Waals surface area contributed by atoms with Gasteiger partial charge in [-0.15, -0.1) is 0 Å². The highest BCUT2D eigenvalue weighted by Gasteiger charge is 2.25. The quantitative estimate of drug-likeness (QED) is 0.872. The summed E-state index contributed by atoms with van der Waals surface area (Å²) in [7, 11) is 0. The largest absolute Gasteiger partial charge is 0.454 e. The lowest BCUT2D eigenvalue weighted by Crippen LogP contribution is -2.20. The summed E-state index contributed by atoms with van der Waals surface area (Å²) in [5, 5.41) is 8.86. The van der Waals surface area contributed by atoms with Crippen molar-refractivity contribution in [3.8, 4) is 11.5 Å². The van der Waals surface area contributed by atoms with E-state index in [9.17, 15) is 9.18 Å². The molecule has 6 heteroatoms. The number of ketones is 1. The van der Waals surface area contributed by atoms with Gasteiger partial charge in [0.25, 0.3) is 0 Å². The molecule has 0 bridgehead atoms. The summed E-state index contributed by atoms with van der Waals surface area (Å²) in [5.41, 5.74) is 2.87. The van der Waals surface area contributed by atoms with Gasteiger partial charge >= 0.3 is 0 Å². The number of fused-ring (bicyclic) bond motifs is 2. The molecule has 0 radical (unpaired) electrons. The first-order valence-electron chi connectivity index (χ1n) is 7.75. The van der Waals surface area contributed by atoms with Crippen LogP contribution in [0.2, 0.25) is 0 Å². The molecular weight excluding hydrogens is 313 g/mol. The average molecular weight is 329 g/mol. The number of carbonyl (C=O) groups excluding carboxylic acids is 1. The average Bonchev–Trinajstić information content (AvgIpc) is 3.20. The third-order valence-electron chi connectivity index (χ3n) is 4.45. The van der Waals surface area contributed by atoms with Crippen LogP contribution in [-0.4, -0.2) is 30.8 Å². The Morgan fingerprint density at radius 2 is 2.00 bits per heavy atom. The van der Waals surface area contributed by atoms with Gasteiger partial charge in [-0.1, -0.05) is 12.1 Å². The van der Waals surface area contributed by atoms with E-state index in [2.05, 4.69) is 4.90 Å². The number of rotatable bonds is 4. The van der Waals surface area contributed by atoms with Crippen molar-refractivity contribution in [2.45, 2.75) is 13.0 Å². The number of carbonyl (C=O) groups is 1. The fourth-order valence-corrected chi connectivity index (χ4v) is 3.15. The van der Waals surface area contributed by atoms with Crippen LogP contribution < -0.4 is 14.4 Å². The Bertz CT molecular complexity index is 821. The van der Waals surface area contributed by atoms with E-state index in [0.29, 0.717) is 17.9 Å². The summed E-state index contributed by atoms with van der Waals surface area (Å²) >= 11 is 0. The zero-order valence-electron chi connectivity index (χ0n) is 12.9. The lowest BCUT2D eigenvalue weighted by Gasteiger charge is -2.20. The van der Waals surface area contributed by atoms with Crippen molar-refractivity contribution < 1.29 is 23.8 Å². The van der Waals surface area contributed by atoms with Crippen LogP contribution in [0.15, 0.2) is 30.3 Å². The molecular formula is C18H16FNO4. The normalized spacial score (nSPS) is 14.8. The molecule has 24 heavy (non-hydrogen) atoms. The molecule has 0 aromatic heterocycles. The van der Waals surface area contributed by atoms with E-state index in [-0.39, 0.29) is 12.4 Å². The number of hydrogen-bond donors (Lipinski definition) is 1. The number of aliphatic hydroxyl groups excluding tert-OH is 1. The van der Waals surface area contributed by atoms with Gasteiger partial charge in [0.2, 0.25) is 6.79 Å². The number of benzene rings is 2. The van der Waals surface area contributed by atoms with Crippen molar-refractivity contribution >= 4 is 11.5 Å². The van der Waals surface area contributed by atoms with Gasteiger partial charge < -0.3 is 19.5 Å². The van der Waals surface area contributed by atoms with Gasteiger partial charge in [-0.3, -0.25) is 4.79 Å². The monoisotopic (exact) mass is 329 g/mol. The summed E-state index contributed by atoms with van der Waals surface area (Å²) < 4.78 is 25.1. The fourth-order valence-electron chi connectivity index (χ4n) is 3.15. The van der Waals surface area contributed by atoms with Crippen molar-refractivity contribution in [2.75, 3.05) is 24.8 Å². The first-order valence-corrected chi connectivity index (χ1v) is 7.75. The SMILES string of the molecule is O=C(CO)c1ccc(CN2CCc3cc4c(cc32)OCO4)c(F)c1. The van der Waals surface area contributed by atoms with Gasteiger partial charge in [0, 0.05) is 36.0 Å². The number of aliphatic hydroxyl groups is 1. The zero-order valence-corrected chi connectivity index (χ0v) is 12.9. The van der Waals surface area contributed by atoms with Crippen LogP contribution in [0.5, 0.6) is 11.5 Å². The van der Waals surface area contributed by atoms with Gasteiger partial charge in [-0.25, -0.2) is 4.39 Å². The van der Waals surface area contributed by atoms with E-state index < -0.39 is 18.2 Å². The Morgan fingerprint density at radius 1 is 1.21 bits per heavy atom. The minimum Gasteiger partial charge on any atom is -0.454 e. The van der Waals surface area contributed by atoms with Crippen LogP contribution in [0.25, 0.3) is 0 Å². The number of halogens is 1. The lowest BCUT2D eigenvalue weighted by atomic mass is 10.1. The topological polar surface area (TPSA) is 59.0 Å². The van der Waals surface area contributed by atoms with Crippen LogP contribution in [-0.2, 0) is 13.0 Å². The van der Waals surface area contributed by atoms with Gasteiger partial charge in [-0.05, 0) is 24.1 Å². The van der Waals surface area contributed by atoms with Gasteiger partial charge in [0.15, 0.2) is 17.3 Å². The van der Waals surface area contributed by atoms with Crippen LogP contribution in [0.1, 0.15) is 21.5 Å². The Balaban J connectivity index is 1.59. The van der Waals surface area contributed by atoms with Crippen molar-refractivity contribution in [3.63, 3.8) is 0 Å². The molecule has 1 N–H and O–H groups in total. The van der Waals surface area contributed by atoms with Crippen LogP contribution in [0, 0.1) is 5.82 Å². The maximum absolute atomic E-state index is 14.3. The van der Waals surface area contributed by atoms with Crippen LogP contribution in [0.3, 0.4) is 0 Å². The van der Waals surface area contributed by atoms with E-state index in [4.69, 9.17) is 14.6 Å². The number of hydrogen-bond acceptors (Lipinski definition) is 5. The van der Waals surface area contributed by atoms with Crippen LogP contribution >= 0.6 is 0 Å². The molecule has 0 saturated heterocycles. The molecule has 4 rings (SSSR count). The van der Waals surface area contributed by atoms with Gasteiger partial charge in [0.05, 0.1) is 0 Å². The second kappa shape index (κ2) is 5.79. The first kappa shape index (κ1) is 15.0. The van der Waals surface area contributed by atoms with E-state index in [1.54, 1.807) is 12.1 Å². The second-order valence-corrected chi connectivity index (χ2v) is 5.89. The summed E-state index contributed by atoms with van der Waals surface area (Å²) in [4.78, 5) is 13.5. The summed E-state index contributed by atoms with van der Waals surface area (Å²) in [6.45, 7) is 0.805. The third kappa shape index (κ3) is 2.49. The molecule has 2 aromatic carbocycles. The molecule has 5 nitrogen and oxygen atoms in total. The minimum atomic E-state index is -0.620. The molecule has 0 saturated carbocycles. The summed E-state index contributed by atoms with van der Waals surface area (Å²) in [6, 6.07) is 8.25. The van der Waals surface area contributed by atoms with Crippen molar-refractivity contribution in [1.82, 2.24) is 0 Å². The molecule has 0 spiro atoms. The Labute approximate surface area is 138 Å². The smallest absolute Gasteiger partial charge is 0.231 e. The molecule has 2 aromatic rings. The summed E-state index contributed by atoms with van der Waals surface area (Å²) in [6.07, 6.45) is 0.870. The fraction of sp³-hybridized carbons (Fsp3) is 0.278. The van der Waals surface area contributed by atoms with E-state index >= 15 is 0 Å². The van der Waals surface area contributed by atoms with Crippen molar-refractivity contribution in [1.29, 1.82) is 0 Å². The maximum Gasteiger partial charge on any atom is 0.231 e. The Morgan fingerprint density at radius 3 is 2.75 bits per heavy atom. The van der Waals surface area contributed by atoms with E-state index in [0.717, 1.165) is 30.0 Å². The predicted octanol–water partition coefficient (Wildman–Crippen LogP) is 2.29. The molecule has 2 heterocycles. The Hall–Kier alpha value is -2.60. The summed E-state index contributed by atoms with van der Waals surface area (Å²) in [5.74, 6) is 0.543. The molecule has 0 aliphatic carbocycles. The lowest BCUT2D eigenvalue weighted by molar-refractivity contribution is 0.0903. The molecule has 2 aliphatic rings. The molecule has 0 fully saturated rings. The Kier molecular flexibility index (Phi) is 3.61. The highest BCUT2D eigenvalue weighted by Crippen LogP contribution is 2.41. The second-order valence-electron chi connectivity index (χ2n) is 5.89. The van der Waals surface area contributed by atoms with E-state index in [1.807, 2.05) is 12.1 Å². The molecule has 0 unspecified atom stereocenters. The minimum absolute atomic E-state index is 0.184. The van der Waals surface area contributed by atoms with Crippen LogP contribution in [0.4, 0.5) is 10.1 Å². The standard InChI is InChI=1S/C18H16FNO4/c19-14-5-12(16(22)9-21)1-2-13(14)8-20-4-3-11-6-17-18(7-15(11)20)24-10-23-17/h1-2,5-7,21H,3-4,8-10H2. The number of ether oxygens (including phenoxy) is 2. The van der Waals surface area contributed by atoms with E-state index in [1.165, 1.54) is 6.07 Å². The first-order chi connectivity index (χ1) is 11.7. The predicted molar refractivity (Wildman–Crippen MR) is 85.1 cm³/mol. The molecule has 2 aliphatic heterocycles. The number of nitrogens with zero attached hydrogens (tertiary/aromatic N) is 1. The van der Waals surface area contributed by atoms with Gasteiger partial charge in [0.1, 0.15) is 12.4 Å². The number of anilines is 1. The maximum atomic E-state index is 14.3. The zero-order chi connectivity index (χ0) is 16.7.